The lowest BCUT2D eigenvalue weighted by Crippen LogP contribution is -2.24. The summed E-state index contributed by atoms with van der Waals surface area (Å²) in [7, 11) is 1.52. The molecule has 0 saturated carbocycles. The number of guanidine groups is 1. The van der Waals surface area contributed by atoms with Crippen molar-refractivity contribution in [3.8, 4) is 11.5 Å². The van der Waals surface area contributed by atoms with Crippen molar-refractivity contribution in [2.24, 2.45) is 16.5 Å². The Bertz CT molecular complexity index is 607. The molecule has 0 aromatic heterocycles. The van der Waals surface area contributed by atoms with Crippen molar-refractivity contribution < 1.29 is 14.3 Å². The van der Waals surface area contributed by atoms with Gasteiger partial charge in [-0.3, -0.25) is 4.79 Å². The van der Waals surface area contributed by atoms with Gasteiger partial charge >= 0.3 is 0 Å². The Morgan fingerprint density at radius 3 is 2.85 bits per heavy atom. The molecule has 1 aliphatic heterocycles. The average Bonchev–Trinajstić information content (AvgIpc) is 2.59. The smallest absolute Gasteiger partial charge is 0.276 e. The van der Waals surface area contributed by atoms with E-state index in [4.69, 9.17) is 32.5 Å². The SMILES string of the molecule is COc1cc(Cl)cc2c1OCCC(C(=O)N=C(N)N)=C2. The van der Waals surface area contributed by atoms with Gasteiger partial charge < -0.3 is 20.9 Å². The summed E-state index contributed by atoms with van der Waals surface area (Å²) in [5.41, 5.74) is 11.5. The molecule has 4 N–H and O–H groups in total. The number of hydrogen-bond acceptors (Lipinski definition) is 3. The Morgan fingerprint density at radius 2 is 2.20 bits per heavy atom. The van der Waals surface area contributed by atoms with Gasteiger partial charge in [0.05, 0.1) is 13.7 Å². The summed E-state index contributed by atoms with van der Waals surface area (Å²) in [6.07, 6.45) is 2.05. The highest BCUT2D eigenvalue weighted by atomic mass is 35.5. The van der Waals surface area contributed by atoms with E-state index in [1.807, 2.05) is 0 Å². The molecule has 1 aromatic carbocycles. The molecule has 1 aromatic rings. The van der Waals surface area contributed by atoms with Crippen LogP contribution in [-0.2, 0) is 4.79 Å². The number of ether oxygens (including phenoxy) is 2. The number of hydrogen-bond donors (Lipinski definition) is 2. The first-order chi connectivity index (χ1) is 9.51. The molecule has 106 valence electrons. The molecule has 0 unspecified atom stereocenters. The first-order valence-electron chi connectivity index (χ1n) is 5.86. The molecule has 1 amide bonds. The minimum Gasteiger partial charge on any atom is -0.493 e. The maximum absolute atomic E-state index is 11.9. The zero-order chi connectivity index (χ0) is 14.7. The molecule has 1 aliphatic rings. The molecule has 0 fully saturated rings. The average molecular weight is 296 g/mol. The van der Waals surface area contributed by atoms with Crippen molar-refractivity contribution in [2.45, 2.75) is 6.42 Å². The van der Waals surface area contributed by atoms with Crippen LogP contribution in [0.4, 0.5) is 0 Å². The predicted molar refractivity (Wildman–Crippen MR) is 76.9 cm³/mol. The monoisotopic (exact) mass is 295 g/mol. The molecule has 7 heteroatoms. The van der Waals surface area contributed by atoms with E-state index >= 15 is 0 Å². The lowest BCUT2D eigenvalue weighted by Gasteiger charge is -2.11. The zero-order valence-electron chi connectivity index (χ0n) is 10.9. The van der Waals surface area contributed by atoms with E-state index in [1.54, 1.807) is 18.2 Å². The van der Waals surface area contributed by atoms with Crippen LogP contribution in [0.3, 0.4) is 0 Å². The number of nitrogens with two attached hydrogens (primary N) is 2. The van der Waals surface area contributed by atoms with Gasteiger partial charge in [0, 0.05) is 28.6 Å². The molecule has 0 aliphatic carbocycles. The quantitative estimate of drug-likeness (QED) is 0.633. The maximum atomic E-state index is 11.9. The molecule has 2 rings (SSSR count). The third-order valence-electron chi connectivity index (χ3n) is 2.72. The van der Waals surface area contributed by atoms with Gasteiger partial charge in [0.1, 0.15) is 0 Å². The van der Waals surface area contributed by atoms with Crippen LogP contribution in [0.2, 0.25) is 5.02 Å². The number of rotatable bonds is 2. The second-order valence-corrected chi connectivity index (χ2v) is 4.57. The molecule has 6 nitrogen and oxygen atoms in total. The summed E-state index contributed by atoms with van der Waals surface area (Å²) in [5, 5.41) is 0.482. The number of halogens is 1. The summed E-state index contributed by atoms with van der Waals surface area (Å²) in [5.74, 6) is 0.300. The molecule has 1 heterocycles. The van der Waals surface area contributed by atoms with Crippen LogP contribution in [0, 0.1) is 0 Å². The first kappa shape index (κ1) is 14.2. The molecular weight excluding hydrogens is 282 g/mol. The minimum absolute atomic E-state index is 0.273. The van der Waals surface area contributed by atoms with Crippen LogP contribution in [0.1, 0.15) is 12.0 Å². The number of methoxy groups -OCH3 is 1. The number of benzene rings is 1. The van der Waals surface area contributed by atoms with Crippen LogP contribution in [0.25, 0.3) is 6.08 Å². The summed E-state index contributed by atoms with van der Waals surface area (Å²) < 4.78 is 10.8. The predicted octanol–water partition coefficient (Wildman–Crippen LogP) is 1.31. The second kappa shape index (κ2) is 5.83. The maximum Gasteiger partial charge on any atom is 0.276 e. The van der Waals surface area contributed by atoms with Gasteiger partial charge in [0.2, 0.25) is 0 Å². The van der Waals surface area contributed by atoms with Gasteiger partial charge in [-0.2, -0.15) is 4.99 Å². The summed E-state index contributed by atoms with van der Waals surface area (Å²) in [4.78, 5) is 15.4. The van der Waals surface area contributed by atoms with E-state index in [0.29, 0.717) is 40.7 Å². The third kappa shape index (κ3) is 3.03. The largest absolute Gasteiger partial charge is 0.493 e. The minimum atomic E-state index is -0.486. The number of nitrogens with zero attached hydrogens (tertiary/aromatic N) is 1. The van der Waals surface area contributed by atoms with Crippen LogP contribution in [0.5, 0.6) is 11.5 Å². The van der Waals surface area contributed by atoms with Crippen LogP contribution >= 0.6 is 11.6 Å². The van der Waals surface area contributed by atoms with Crippen molar-refractivity contribution in [2.75, 3.05) is 13.7 Å². The third-order valence-corrected chi connectivity index (χ3v) is 2.94. The molecule has 0 bridgehead atoms. The topological polar surface area (TPSA) is 99.9 Å². The molecule has 0 radical (unpaired) electrons. The van der Waals surface area contributed by atoms with Crippen LogP contribution < -0.4 is 20.9 Å². The number of amides is 1. The number of aliphatic imine (C=N–C) groups is 1. The highest BCUT2D eigenvalue weighted by Crippen LogP contribution is 2.37. The van der Waals surface area contributed by atoms with E-state index in [0.717, 1.165) is 0 Å². The van der Waals surface area contributed by atoms with Gasteiger partial charge in [-0.05, 0) is 12.1 Å². The summed E-state index contributed by atoms with van der Waals surface area (Å²) in [6, 6.07) is 3.34. The lowest BCUT2D eigenvalue weighted by molar-refractivity contribution is -0.114. The van der Waals surface area contributed by atoms with E-state index in [-0.39, 0.29) is 5.96 Å². The molecule has 0 spiro atoms. The van der Waals surface area contributed by atoms with Gasteiger partial charge in [0.15, 0.2) is 17.5 Å². The van der Waals surface area contributed by atoms with E-state index < -0.39 is 5.91 Å². The van der Waals surface area contributed by atoms with Gasteiger partial charge in [0.25, 0.3) is 5.91 Å². The van der Waals surface area contributed by atoms with Gasteiger partial charge in [-0.15, -0.1) is 0 Å². The molecular formula is C13H14ClN3O3. The Balaban J connectivity index is 2.48. The summed E-state index contributed by atoms with van der Waals surface area (Å²) >= 11 is 6.01. The van der Waals surface area contributed by atoms with Crippen molar-refractivity contribution in [3.05, 3.63) is 28.3 Å². The Hall–Kier alpha value is -2.21. The number of fused-ring (bicyclic) bond motifs is 1. The van der Waals surface area contributed by atoms with Crippen molar-refractivity contribution in [3.63, 3.8) is 0 Å². The standard InChI is InChI=1S/C13H14ClN3O3/c1-19-10-6-9(14)5-8-4-7(2-3-20-11(8)10)12(18)17-13(15)16/h4-6H,2-3H2,1H3,(H4,15,16,17,18). The van der Waals surface area contributed by atoms with E-state index in [2.05, 4.69) is 4.99 Å². The first-order valence-corrected chi connectivity index (χ1v) is 6.24. The number of carbonyl (C=O) groups is 1. The lowest BCUT2D eigenvalue weighted by atomic mass is 10.1. The van der Waals surface area contributed by atoms with E-state index in [9.17, 15) is 4.79 Å². The number of carbonyl (C=O) groups excluding carboxylic acids is 1. The van der Waals surface area contributed by atoms with E-state index in [1.165, 1.54) is 7.11 Å². The van der Waals surface area contributed by atoms with Crippen LogP contribution in [0.15, 0.2) is 22.7 Å². The Kier molecular flexibility index (Phi) is 4.14. The Morgan fingerprint density at radius 1 is 1.45 bits per heavy atom. The molecule has 20 heavy (non-hydrogen) atoms. The van der Waals surface area contributed by atoms with Crippen LogP contribution in [-0.4, -0.2) is 25.6 Å². The molecule has 0 atom stereocenters. The molecule has 0 saturated heterocycles. The zero-order valence-corrected chi connectivity index (χ0v) is 11.6. The Labute approximate surface area is 121 Å². The van der Waals surface area contributed by atoms with Crippen molar-refractivity contribution in [1.29, 1.82) is 0 Å². The second-order valence-electron chi connectivity index (χ2n) is 4.14. The van der Waals surface area contributed by atoms with Gasteiger partial charge in [-0.1, -0.05) is 11.6 Å². The fourth-order valence-electron chi connectivity index (χ4n) is 1.88. The summed E-state index contributed by atoms with van der Waals surface area (Å²) in [6.45, 7) is 0.322. The normalized spacial score (nSPS) is 13.4. The van der Waals surface area contributed by atoms with Crippen molar-refractivity contribution in [1.82, 2.24) is 0 Å². The fraction of sp³-hybridized carbons (Fsp3) is 0.231. The fourth-order valence-corrected chi connectivity index (χ4v) is 2.10. The highest BCUT2D eigenvalue weighted by molar-refractivity contribution is 6.31. The van der Waals surface area contributed by atoms with Crippen molar-refractivity contribution >= 4 is 29.5 Å². The van der Waals surface area contributed by atoms with Gasteiger partial charge in [-0.25, -0.2) is 0 Å². The highest BCUT2D eigenvalue weighted by Gasteiger charge is 2.19.